The zero-order chi connectivity index (χ0) is 19.7. The Morgan fingerprint density at radius 1 is 1.18 bits per heavy atom. The normalized spacial score (nSPS) is 19.9. The van der Waals surface area contributed by atoms with Gasteiger partial charge >= 0.3 is 0 Å². The van der Waals surface area contributed by atoms with Crippen molar-refractivity contribution in [1.29, 1.82) is 0 Å². The van der Waals surface area contributed by atoms with Gasteiger partial charge in [-0.25, -0.2) is 4.98 Å². The average molecular weight is 414 g/mol. The van der Waals surface area contributed by atoms with Crippen LogP contribution in [-0.4, -0.2) is 39.2 Å². The van der Waals surface area contributed by atoms with E-state index in [2.05, 4.69) is 18.8 Å². The van der Waals surface area contributed by atoms with Gasteiger partial charge in [-0.2, -0.15) is 0 Å². The summed E-state index contributed by atoms with van der Waals surface area (Å²) in [5, 5.41) is 2.44. The summed E-state index contributed by atoms with van der Waals surface area (Å²) in [6, 6.07) is 11.4. The Hall–Kier alpha value is -2.12. The Kier molecular flexibility index (Phi) is 5.55. The van der Waals surface area contributed by atoms with Crippen molar-refractivity contribution in [2.75, 3.05) is 18.8 Å². The lowest BCUT2D eigenvalue weighted by Crippen LogP contribution is -2.43. The largest absolute Gasteiger partial charge is 0.341 e. The fourth-order valence-corrected chi connectivity index (χ4v) is 5.55. The van der Waals surface area contributed by atoms with Crippen molar-refractivity contribution >= 4 is 39.2 Å². The first-order chi connectivity index (χ1) is 13.5. The van der Waals surface area contributed by atoms with Crippen molar-refractivity contribution in [3.8, 4) is 5.69 Å². The molecule has 1 amide bonds. The summed E-state index contributed by atoms with van der Waals surface area (Å²) in [6.45, 7) is 6.02. The van der Waals surface area contributed by atoms with Gasteiger partial charge in [-0.05, 0) is 41.8 Å². The van der Waals surface area contributed by atoms with Crippen LogP contribution in [0.2, 0.25) is 0 Å². The lowest BCUT2D eigenvalue weighted by molar-refractivity contribution is -0.130. The number of hydrogen-bond acceptors (Lipinski definition) is 5. The van der Waals surface area contributed by atoms with E-state index in [-0.39, 0.29) is 17.2 Å². The lowest BCUT2D eigenvalue weighted by atomic mass is 9.92. The number of thiophene rings is 1. The summed E-state index contributed by atoms with van der Waals surface area (Å²) in [6.07, 6.45) is 1.17. The highest BCUT2D eigenvalue weighted by molar-refractivity contribution is 7.99. The Morgan fingerprint density at radius 2 is 1.89 bits per heavy atom. The second-order valence-electron chi connectivity index (χ2n) is 7.54. The van der Waals surface area contributed by atoms with Crippen molar-refractivity contribution in [2.24, 2.45) is 11.8 Å². The molecule has 0 spiro atoms. The van der Waals surface area contributed by atoms with Gasteiger partial charge in [0, 0.05) is 13.1 Å². The van der Waals surface area contributed by atoms with E-state index in [1.807, 2.05) is 46.7 Å². The van der Waals surface area contributed by atoms with Gasteiger partial charge < -0.3 is 4.90 Å². The molecule has 1 saturated heterocycles. The van der Waals surface area contributed by atoms with Crippen LogP contribution in [0.3, 0.4) is 0 Å². The summed E-state index contributed by atoms with van der Waals surface area (Å²) in [7, 11) is 0. The molecule has 1 aromatic carbocycles. The van der Waals surface area contributed by atoms with E-state index in [1.54, 1.807) is 4.57 Å². The Balaban J connectivity index is 1.63. The first-order valence-corrected chi connectivity index (χ1v) is 11.4. The third-order valence-electron chi connectivity index (χ3n) is 5.01. The molecule has 3 heterocycles. The van der Waals surface area contributed by atoms with Crippen LogP contribution in [0.4, 0.5) is 0 Å². The second-order valence-corrected chi connectivity index (χ2v) is 9.40. The molecule has 2 aromatic heterocycles. The van der Waals surface area contributed by atoms with Crippen LogP contribution in [-0.2, 0) is 4.79 Å². The maximum absolute atomic E-state index is 13.1. The highest BCUT2D eigenvalue weighted by Gasteiger charge is 2.26. The number of thioether (sulfide) groups is 1. The van der Waals surface area contributed by atoms with E-state index in [0.717, 1.165) is 18.8 Å². The molecule has 0 unspecified atom stereocenters. The van der Waals surface area contributed by atoms with Crippen molar-refractivity contribution in [1.82, 2.24) is 14.5 Å². The smallest absolute Gasteiger partial charge is 0.276 e. The van der Waals surface area contributed by atoms with Crippen molar-refractivity contribution in [2.45, 2.75) is 25.4 Å². The molecule has 146 valence electrons. The Morgan fingerprint density at radius 3 is 2.61 bits per heavy atom. The number of likely N-dealkylation sites (tertiary alicyclic amines) is 1. The van der Waals surface area contributed by atoms with E-state index >= 15 is 0 Å². The van der Waals surface area contributed by atoms with Gasteiger partial charge in [0.1, 0.15) is 4.70 Å². The molecule has 1 aliphatic heterocycles. The number of para-hydroxylation sites is 1. The zero-order valence-electron chi connectivity index (χ0n) is 16.0. The van der Waals surface area contributed by atoms with Crippen LogP contribution >= 0.6 is 23.1 Å². The number of nitrogens with zero attached hydrogens (tertiary/aromatic N) is 3. The fraction of sp³-hybridized carbons (Fsp3) is 0.381. The molecule has 0 saturated carbocycles. The van der Waals surface area contributed by atoms with E-state index in [4.69, 9.17) is 0 Å². The maximum atomic E-state index is 13.1. The second kappa shape index (κ2) is 8.09. The number of rotatable bonds is 4. The van der Waals surface area contributed by atoms with Gasteiger partial charge in [-0.3, -0.25) is 14.2 Å². The number of carbonyl (C=O) groups is 1. The summed E-state index contributed by atoms with van der Waals surface area (Å²) >= 11 is 2.74. The number of amides is 1. The zero-order valence-corrected chi connectivity index (χ0v) is 17.6. The van der Waals surface area contributed by atoms with Crippen molar-refractivity contribution < 1.29 is 4.79 Å². The minimum Gasteiger partial charge on any atom is -0.341 e. The number of fused-ring (bicyclic) bond motifs is 1. The first kappa shape index (κ1) is 19.2. The number of piperidine rings is 1. The third kappa shape index (κ3) is 3.86. The van der Waals surface area contributed by atoms with Crippen LogP contribution < -0.4 is 5.56 Å². The van der Waals surface area contributed by atoms with Crippen LogP contribution in [0.25, 0.3) is 15.9 Å². The average Bonchev–Trinajstić information content (AvgIpc) is 3.15. The van der Waals surface area contributed by atoms with Crippen LogP contribution in [0.1, 0.15) is 20.3 Å². The monoisotopic (exact) mass is 413 g/mol. The van der Waals surface area contributed by atoms with Crippen molar-refractivity contribution in [3.63, 3.8) is 0 Å². The molecule has 4 rings (SSSR count). The molecule has 3 aromatic rings. The predicted molar refractivity (Wildman–Crippen MR) is 115 cm³/mol. The SMILES string of the molecule is C[C@H]1C[C@H](C)CN(C(=O)CSc2nc3ccsc3c(=O)n2-c2ccccc2)C1. The molecule has 2 atom stereocenters. The third-order valence-corrected chi connectivity index (χ3v) is 6.82. The predicted octanol–water partition coefficient (Wildman–Crippen LogP) is 4.04. The van der Waals surface area contributed by atoms with Gasteiger partial charge in [0.25, 0.3) is 5.56 Å². The summed E-state index contributed by atoms with van der Waals surface area (Å²) < 4.78 is 2.26. The number of hydrogen-bond donors (Lipinski definition) is 0. The van der Waals surface area contributed by atoms with Gasteiger partial charge in [0.05, 0.1) is 17.0 Å². The van der Waals surface area contributed by atoms with Gasteiger partial charge in [0.15, 0.2) is 5.16 Å². The highest BCUT2D eigenvalue weighted by atomic mass is 32.2. The van der Waals surface area contributed by atoms with Gasteiger partial charge in [-0.1, -0.05) is 43.8 Å². The number of carbonyl (C=O) groups excluding carboxylic acids is 1. The molecule has 5 nitrogen and oxygen atoms in total. The van der Waals surface area contributed by atoms with Gasteiger partial charge in [0.2, 0.25) is 5.91 Å². The molecule has 0 radical (unpaired) electrons. The highest BCUT2D eigenvalue weighted by Crippen LogP contribution is 2.25. The molecule has 28 heavy (non-hydrogen) atoms. The van der Waals surface area contributed by atoms with Crippen molar-refractivity contribution in [3.05, 3.63) is 52.1 Å². The molecule has 0 aliphatic carbocycles. The molecular weight excluding hydrogens is 390 g/mol. The molecule has 0 bridgehead atoms. The van der Waals surface area contributed by atoms with E-state index in [1.165, 1.54) is 29.5 Å². The summed E-state index contributed by atoms with van der Waals surface area (Å²) in [4.78, 5) is 32.5. The summed E-state index contributed by atoms with van der Waals surface area (Å²) in [5.41, 5.74) is 1.38. The topological polar surface area (TPSA) is 55.2 Å². The van der Waals surface area contributed by atoms with Crippen LogP contribution in [0.5, 0.6) is 0 Å². The van der Waals surface area contributed by atoms with Crippen LogP contribution in [0.15, 0.2) is 51.7 Å². The van der Waals surface area contributed by atoms with E-state index in [9.17, 15) is 9.59 Å². The quantitative estimate of drug-likeness (QED) is 0.478. The Bertz CT molecular complexity index is 1030. The molecule has 1 fully saturated rings. The lowest BCUT2D eigenvalue weighted by Gasteiger charge is -2.35. The number of aromatic nitrogens is 2. The maximum Gasteiger partial charge on any atom is 0.276 e. The van der Waals surface area contributed by atoms with E-state index in [0.29, 0.717) is 27.2 Å². The fourth-order valence-electron chi connectivity index (χ4n) is 3.88. The molecular formula is C21H23N3O2S2. The molecule has 0 N–H and O–H groups in total. The first-order valence-electron chi connectivity index (χ1n) is 9.49. The minimum absolute atomic E-state index is 0.0821. The standard InChI is InChI=1S/C21H23N3O2S2/c1-14-10-15(2)12-23(11-14)18(25)13-28-21-22-17-8-9-27-19(17)20(26)24(21)16-6-4-3-5-7-16/h3-9,14-15H,10-13H2,1-2H3/t14-,15-/m0/s1. The minimum atomic E-state index is -0.0821. The Labute approximate surface area is 172 Å². The number of benzene rings is 1. The van der Waals surface area contributed by atoms with Gasteiger partial charge in [-0.15, -0.1) is 11.3 Å². The van der Waals surface area contributed by atoms with Crippen LogP contribution in [0, 0.1) is 11.8 Å². The molecule has 7 heteroatoms. The summed E-state index contributed by atoms with van der Waals surface area (Å²) in [5.74, 6) is 1.46. The van der Waals surface area contributed by atoms with E-state index < -0.39 is 0 Å². The molecule has 1 aliphatic rings.